The average molecular weight is 269 g/mol. The van der Waals surface area contributed by atoms with Crippen LogP contribution in [-0.4, -0.2) is 16.6 Å². The van der Waals surface area contributed by atoms with Crippen molar-refractivity contribution in [3.8, 4) is 11.5 Å². The van der Waals surface area contributed by atoms with Crippen LogP contribution >= 0.6 is 0 Å². The van der Waals surface area contributed by atoms with Crippen molar-refractivity contribution >= 4 is 0 Å². The number of ether oxygens (including phenoxy) is 1. The van der Waals surface area contributed by atoms with Gasteiger partial charge in [0.05, 0.1) is 6.61 Å². The first kappa shape index (κ1) is 13.0. The molecule has 2 aromatic carbocycles. The molecule has 0 aliphatic carbocycles. The average Bonchev–Trinajstić information content (AvgIpc) is 2.85. The zero-order chi connectivity index (χ0) is 13.9. The molecule has 0 atom stereocenters. The molecule has 0 aromatic heterocycles. The van der Waals surface area contributed by atoms with E-state index in [1.54, 1.807) is 6.07 Å². The standard InChI is InChI=1S/C17H19NO2/c1-2-20-17-9-13(7-8-16(17)19)10-18-11-14-5-3-4-6-15(14)12-18/h3-9,19H,2,10-12H2,1H3. The number of hydrogen-bond donors (Lipinski definition) is 1. The number of rotatable bonds is 4. The summed E-state index contributed by atoms with van der Waals surface area (Å²) in [5, 5.41) is 9.73. The highest BCUT2D eigenvalue weighted by molar-refractivity contribution is 5.42. The summed E-state index contributed by atoms with van der Waals surface area (Å²) in [6.07, 6.45) is 0. The predicted molar refractivity (Wildman–Crippen MR) is 78.7 cm³/mol. The second-order valence-electron chi connectivity index (χ2n) is 5.15. The Balaban J connectivity index is 1.72. The summed E-state index contributed by atoms with van der Waals surface area (Å²) in [5.74, 6) is 0.780. The molecule has 20 heavy (non-hydrogen) atoms. The minimum atomic E-state index is 0.209. The zero-order valence-corrected chi connectivity index (χ0v) is 11.7. The lowest BCUT2D eigenvalue weighted by Crippen LogP contribution is -2.15. The molecule has 0 saturated heterocycles. The van der Waals surface area contributed by atoms with E-state index in [4.69, 9.17) is 4.74 Å². The summed E-state index contributed by atoms with van der Waals surface area (Å²) in [6, 6.07) is 14.2. The highest BCUT2D eigenvalue weighted by Crippen LogP contribution is 2.29. The third-order valence-electron chi connectivity index (χ3n) is 3.64. The SMILES string of the molecule is CCOc1cc(CN2Cc3ccccc3C2)ccc1O. The van der Waals surface area contributed by atoms with E-state index in [2.05, 4.69) is 29.2 Å². The lowest BCUT2D eigenvalue weighted by Gasteiger charge is -2.16. The zero-order valence-electron chi connectivity index (χ0n) is 11.7. The van der Waals surface area contributed by atoms with Crippen molar-refractivity contribution in [1.82, 2.24) is 4.90 Å². The number of aromatic hydroxyl groups is 1. The van der Waals surface area contributed by atoms with Gasteiger partial charge >= 0.3 is 0 Å². The van der Waals surface area contributed by atoms with Gasteiger partial charge in [0.1, 0.15) is 0 Å². The van der Waals surface area contributed by atoms with Gasteiger partial charge in [-0.1, -0.05) is 30.3 Å². The number of nitrogens with zero attached hydrogens (tertiary/aromatic N) is 1. The van der Waals surface area contributed by atoms with Gasteiger partial charge in [-0.05, 0) is 35.7 Å². The van der Waals surface area contributed by atoms with E-state index in [1.165, 1.54) is 16.7 Å². The van der Waals surface area contributed by atoms with Gasteiger partial charge < -0.3 is 9.84 Å². The van der Waals surface area contributed by atoms with Crippen LogP contribution in [0.3, 0.4) is 0 Å². The van der Waals surface area contributed by atoms with E-state index in [1.807, 2.05) is 19.1 Å². The molecule has 0 unspecified atom stereocenters. The number of phenolic OH excluding ortho intramolecular Hbond substituents is 1. The van der Waals surface area contributed by atoms with Gasteiger partial charge in [0.25, 0.3) is 0 Å². The van der Waals surface area contributed by atoms with Crippen molar-refractivity contribution in [2.24, 2.45) is 0 Å². The third-order valence-corrected chi connectivity index (χ3v) is 3.64. The first-order valence-corrected chi connectivity index (χ1v) is 7.00. The molecule has 0 bridgehead atoms. The third kappa shape index (κ3) is 2.63. The molecule has 3 rings (SSSR count). The fourth-order valence-electron chi connectivity index (χ4n) is 2.70. The molecule has 0 spiro atoms. The van der Waals surface area contributed by atoms with Crippen LogP contribution < -0.4 is 4.74 Å². The molecule has 3 heteroatoms. The fraction of sp³-hybridized carbons (Fsp3) is 0.294. The molecule has 0 amide bonds. The van der Waals surface area contributed by atoms with Gasteiger partial charge in [-0.2, -0.15) is 0 Å². The maximum atomic E-state index is 9.73. The summed E-state index contributed by atoms with van der Waals surface area (Å²) >= 11 is 0. The van der Waals surface area contributed by atoms with Crippen molar-refractivity contribution in [2.45, 2.75) is 26.6 Å². The molecule has 104 valence electrons. The smallest absolute Gasteiger partial charge is 0.161 e. The first-order chi connectivity index (χ1) is 9.76. The Labute approximate surface area is 119 Å². The molecule has 0 saturated carbocycles. The molecule has 1 aliphatic rings. The molecule has 3 nitrogen and oxygen atoms in total. The van der Waals surface area contributed by atoms with Gasteiger partial charge in [-0.15, -0.1) is 0 Å². The summed E-state index contributed by atoms with van der Waals surface area (Å²) in [4.78, 5) is 2.40. The number of hydrogen-bond acceptors (Lipinski definition) is 3. The molecule has 1 N–H and O–H groups in total. The molecule has 1 aliphatic heterocycles. The monoisotopic (exact) mass is 269 g/mol. The molecule has 2 aromatic rings. The predicted octanol–water partition coefficient (Wildman–Crippen LogP) is 3.31. The van der Waals surface area contributed by atoms with E-state index in [-0.39, 0.29) is 5.75 Å². The summed E-state index contributed by atoms with van der Waals surface area (Å²) in [7, 11) is 0. The lowest BCUT2D eigenvalue weighted by atomic mass is 10.1. The van der Waals surface area contributed by atoms with Gasteiger partial charge in [-0.3, -0.25) is 4.90 Å². The molecular formula is C17H19NO2. The van der Waals surface area contributed by atoms with E-state index in [9.17, 15) is 5.11 Å². The van der Waals surface area contributed by atoms with Crippen LogP contribution in [0, 0.1) is 0 Å². The van der Waals surface area contributed by atoms with Crippen LogP contribution in [0.2, 0.25) is 0 Å². The Morgan fingerprint density at radius 2 is 1.80 bits per heavy atom. The van der Waals surface area contributed by atoms with Crippen molar-refractivity contribution in [1.29, 1.82) is 0 Å². The van der Waals surface area contributed by atoms with E-state index in [0.29, 0.717) is 12.4 Å². The number of benzene rings is 2. The van der Waals surface area contributed by atoms with Crippen LogP contribution in [0.1, 0.15) is 23.6 Å². The van der Waals surface area contributed by atoms with Crippen LogP contribution in [-0.2, 0) is 19.6 Å². The minimum Gasteiger partial charge on any atom is -0.504 e. The van der Waals surface area contributed by atoms with Crippen LogP contribution in [0.25, 0.3) is 0 Å². The Kier molecular flexibility index (Phi) is 3.61. The molecular weight excluding hydrogens is 250 g/mol. The van der Waals surface area contributed by atoms with Gasteiger partial charge in [-0.25, -0.2) is 0 Å². The summed E-state index contributed by atoms with van der Waals surface area (Å²) < 4.78 is 5.44. The normalized spacial score (nSPS) is 14.2. The molecule has 0 fully saturated rings. The maximum Gasteiger partial charge on any atom is 0.161 e. The number of phenols is 1. The Morgan fingerprint density at radius 1 is 1.10 bits per heavy atom. The van der Waals surface area contributed by atoms with Crippen LogP contribution in [0.15, 0.2) is 42.5 Å². The van der Waals surface area contributed by atoms with Crippen molar-refractivity contribution in [3.05, 3.63) is 59.2 Å². The van der Waals surface area contributed by atoms with Crippen LogP contribution in [0.5, 0.6) is 11.5 Å². The van der Waals surface area contributed by atoms with Crippen molar-refractivity contribution in [3.63, 3.8) is 0 Å². The van der Waals surface area contributed by atoms with Crippen LogP contribution in [0.4, 0.5) is 0 Å². The largest absolute Gasteiger partial charge is 0.504 e. The number of fused-ring (bicyclic) bond motifs is 1. The van der Waals surface area contributed by atoms with E-state index >= 15 is 0 Å². The van der Waals surface area contributed by atoms with Crippen molar-refractivity contribution in [2.75, 3.05) is 6.61 Å². The second kappa shape index (κ2) is 5.55. The van der Waals surface area contributed by atoms with E-state index in [0.717, 1.165) is 19.6 Å². The highest BCUT2D eigenvalue weighted by Gasteiger charge is 2.18. The first-order valence-electron chi connectivity index (χ1n) is 7.00. The quantitative estimate of drug-likeness (QED) is 0.924. The highest BCUT2D eigenvalue weighted by atomic mass is 16.5. The Bertz CT molecular complexity index is 585. The Hall–Kier alpha value is -2.00. The summed E-state index contributed by atoms with van der Waals surface area (Å²) in [6.45, 7) is 5.33. The van der Waals surface area contributed by atoms with E-state index < -0.39 is 0 Å². The topological polar surface area (TPSA) is 32.7 Å². The van der Waals surface area contributed by atoms with Gasteiger partial charge in [0.2, 0.25) is 0 Å². The van der Waals surface area contributed by atoms with Gasteiger partial charge in [0.15, 0.2) is 11.5 Å². The lowest BCUT2D eigenvalue weighted by molar-refractivity contribution is 0.273. The second-order valence-corrected chi connectivity index (χ2v) is 5.15. The maximum absolute atomic E-state index is 9.73. The van der Waals surface area contributed by atoms with Gasteiger partial charge in [0, 0.05) is 19.6 Å². The summed E-state index contributed by atoms with van der Waals surface area (Å²) in [5.41, 5.74) is 3.99. The van der Waals surface area contributed by atoms with Crippen molar-refractivity contribution < 1.29 is 9.84 Å². The molecule has 1 heterocycles. The minimum absolute atomic E-state index is 0.209. The fourth-order valence-corrected chi connectivity index (χ4v) is 2.70. The Morgan fingerprint density at radius 3 is 2.45 bits per heavy atom. The molecule has 0 radical (unpaired) electrons.